The molecule has 21 heavy (non-hydrogen) atoms. The van der Waals surface area contributed by atoms with Crippen LogP contribution in [0.2, 0.25) is 0 Å². The van der Waals surface area contributed by atoms with Crippen molar-refractivity contribution in [3.8, 4) is 0 Å². The van der Waals surface area contributed by atoms with E-state index < -0.39 is 0 Å². The Kier molecular flexibility index (Phi) is 3.30. The molecule has 2 aromatic rings. The van der Waals surface area contributed by atoms with E-state index in [1.807, 2.05) is 6.20 Å². The van der Waals surface area contributed by atoms with E-state index in [4.69, 9.17) is 4.98 Å². The molecule has 0 saturated carbocycles. The SMILES string of the molecule is CCN(c1nccc2ccccc12)C1CC2CCC(C1)N2. The number of hydrogen-bond donors (Lipinski definition) is 1. The average Bonchev–Trinajstić information content (AvgIpc) is 2.87. The minimum atomic E-state index is 0.632. The van der Waals surface area contributed by atoms with Crippen molar-refractivity contribution >= 4 is 16.6 Å². The van der Waals surface area contributed by atoms with Gasteiger partial charge in [0.15, 0.2) is 0 Å². The highest BCUT2D eigenvalue weighted by molar-refractivity contribution is 5.92. The molecular weight excluding hydrogens is 258 g/mol. The Morgan fingerprint density at radius 1 is 1.14 bits per heavy atom. The minimum absolute atomic E-state index is 0.632. The summed E-state index contributed by atoms with van der Waals surface area (Å²) in [5, 5.41) is 6.32. The molecule has 2 saturated heterocycles. The van der Waals surface area contributed by atoms with Crippen LogP contribution in [-0.4, -0.2) is 29.7 Å². The molecule has 1 N–H and O–H groups in total. The van der Waals surface area contributed by atoms with Crippen molar-refractivity contribution in [3.63, 3.8) is 0 Å². The second-order valence-electron chi connectivity index (χ2n) is 6.40. The molecule has 1 aromatic carbocycles. The van der Waals surface area contributed by atoms with Gasteiger partial charge in [0, 0.05) is 36.3 Å². The van der Waals surface area contributed by atoms with Gasteiger partial charge in [0.05, 0.1) is 0 Å². The van der Waals surface area contributed by atoms with Crippen molar-refractivity contribution in [2.45, 2.75) is 50.7 Å². The Labute approximate surface area is 126 Å². The molecule has 2 aliphatic heterocycles. The summed E-state index contributed by atoms with van der Waals surface area (Å²) < 4.78 is 0. The third-order valence-electron chi connectivity index (χ3n) is 5.15. The fourth-order valence-electron chi connectivity index (χ4n) is 4.20. The summed E-state index contributed by atoms with van der Waals surface area (Å²) in [5.41, 5.74) is 0. The first-order valence-corrected chi connectivity index (χ1v) is 8.21. The van der Waals surface area contributed by atoms with Crippen molar-refractivity contribution in [2.75, 3.05) is 11.4 Å². The smallest absolute Gasteiger partial charge is 0.136 e. The van der Waals surface area contributed by atoms with Gasteiger partial charge in [-0.05, 0) is 44.1 Å². The van der Waals surface area contributed by atoms with Crippen LogP contribution >= 0.6 is 0 Å². The number of aromatic nitrogens is 1. The van der Waals surface area contributed by atoms with E-state index >= 15 is 0 Å². The maximum absolute atomic E-state index is 4.73. The summed E-state index contributed by atoms with van der Waals surface area (Å²) >= 11 is 0. The highest BCUT2D eigenvalue weighted by Crippen LogP contribution is 2.33. The van der Waals surface area contributed by atoms with Gasteiger partial charge in [-0.15, -0.1) is 0 Å². The first-order chi connectivity index (χ1) is 10.3. The molecule has 0 amide bonds. The van der Waals surface area contributed by atoms with Gasteiger partial charge in [0.2, 0.25) is 0 Å². The fraction of sp³-hybridized carbons (Fsp3) is 0.500. The largest absolute Gasteiger partial charge is 0.353 e. The summed E-state index contributed by atoms with van der Waals surface area (Å²) in [7, 11) is 0. The van der Waals surface area contributed by atoms with Crippen molar-refractivity contribution in [1.29, 1.82) is 0 Å². The lowest BCUT2D eigenvalue weighted by Gasteiger charge is -2.38. The lowest BCUT2D eigenvalue weighted by atomic mass is 9.97. The lowest BCUT2D eigenvalue weighted by molar-refractivity contribution is 0.348. The van der Waals surface area contributed by atoms with Crippen LogP contribution < -0.4 is 10.2 Å². The zero-order valence-electron chi connectivity index (χ0n) is 12.6. The quantitative estimate of drug-likeness (QED) is 0.935. The minimum Gasteiger partial charge on any atom is -0.353 e. The zero-order valence-corrected chi connectivity index (χ0v) is 12.6. The summed E-state index contributed by atoms with van der Waals surface area (Å²) in [6, 6.07) is 12.8. The predicted octanol–water partition coefficient (Wildman–Crippen LogP) is 3.34. The molecule has 4 rings (SSSR count). The van der Waals surface area contributed by atoms with Gasteiger partial charge in [0.1, 0.15) is 5.82 Å². The van der Waals surface area contributed by atoms with Crippen LogP contribution in [0.25, 0.3) is 10.8 Å². The van der Waals surface area contributed by atoms with Crippen LogP contribution in [-0.2, 0) is 0 Å². The van der Waals surface area contributed by atoms with Gasteiger partial charge >= 0.3 is 0 Å². The van der Waals surface area contributed by atoms with Crippen LogP contribution in [0, 0.1) is 0 Å². The topological polar surface area (TPSA) is 28.2 Å². The molecule has 2 unspecified atom stereocenters. The number of piperidine rings is 1. The molecule has 0 radical (unpaired) electrons. The van der Waals surface area contributed by atoms with E-state index in [1.54, 1.807) is 0 Å². The van der Waals surface area contributed by atoms with E-state index in [2.05, 4.69) is 47.5 Å². The van der Waals surface area contributed by atoms with Gasteiger partial charge in [-0.3, -0.25) is 0 Å². The lowest BCUT2D eigenvalue weighted by Crippen LogP contribution is -2.48. The second kappa shape index (κ2) is 5.30. The van der Waals surface area contributed by atoms with Crippen LogP contribution in [0.3, 0.4) is 0 Å². The summed E-state index contributed by atoms with van der Waals surface area (Å²) in [6.45, 7) is 3.29. The zero-order chi connectivity index (χ0) is 14.2. The van der Waals surface area contributed by atoms with Crippen molar-refractivity contribution in [3.05, 3.63) is 36.5 Å². The normalized spacial score (nSPS) is 28.0. The molecule has 1 aromatic heterocycles. The third kappa shape index (κ3) is 2.30. The molecule has 0 spiro atoms. The van der Waals surface area contributed by atoms with E-state index in [1.165, 1.54) is 42.3 Å². The number of rotatable bonds is 3. The van der Waals surface area contributed by atoms with E-state index in [0.29, 0.717) is 6.04 Å². The molecule has 110 valence electrons. The second-order valence-corrected chi connectivity index (χ2v) is 6.40. The standard InChI is InChI=1S/C18H23N3/c1-2-21(16-11-14-7-8-15(12-16)20-14)18-17-6-4-3-5-13(17)9-10-19-18/h3-6,9-10,14-16,20H,2,7-8,11-12H2,1H3. The van der Waals surface area contributed by atoms with Crippen molar-refractivity contribution < 1.29 is 0 Å². The molecule has 3 heterocycles. The number of pyridine rings is 1. The Morgan fingerprint density at radius 2 is 1.90 bits per heavy atom. The molecule has 3 heteroatoms. The summed E-state index contributed by atoms with van der Waals surface area (Å²) in [5.74, 6) is 1.17. The van der Waals surface area contributed by atoms with Crippen LogP contribution in [0.4, 0.5) is 5.82 Å². The Bertz CT molecular complexity index is 622. The maximum atomic E-state index is 4.73. The molecule has 2 bridgehead atoms. The van der Waals surface area contributed by atoms with Crippen molar-refractivity contribution in [1.82, 2.24) is 10.3 Å². The van der Waals surface area contributed by atoms with Gasteiger partial charge < -0.3 is 10.2 Å². The van der Waals surface area contributed by atoms with Gasteiger partial charge in [-0.25, -0.2) is 4.98 Å². The Hall–Kier alpha value is -1.61. The maximum Gasteiger partial charge on any atom is 0.136 e. The number of nitrogens with one attached hydrogen (secondary N) is 1. The Balaban J connectivity index is 1.71. The molecular formula is C18H23N3. The van der Waals surface area contributed by atoms with Gasteiger partial charge in [-0.2, -0.15) is 0 Å². The molecule has 2 fully saturated rings. The van der Waals surface area contributed by atoms with Gasteiger partial charge in [-0.1, -0.05) is 24.3 Å². The van der Waals surface area contributed by atoms with E-state index in [0.717, 1.165) is 18.6 Å². The predicted molar refractivity (Wildman–Crippen MR) is 87.7 cm³/mol. The van der Waals surface area contributed by atoms with Crippen LogP contribution in [0.1, 0.15) is 32.6 Å². The number of fused-ring (bicyclic) bond motifs is 3. The Morgan fingerprint density at radius 3 is 2.67 bits per heavy atom. The number of anilines is 1. The van der Waals surface area contributed by atoms with E-state index in [9.17, 15) is 0 Å². The van der Waals surface area contributed by atoms with Crippen LogP contribution in [0.15, 0.2) is 36.5 Å². The molecule has 2 atom stereocenters. The number of nitrogens with zero attached hydrogens (tertiary/aromatic N) is 2. The molecule has 3 nitrogen and oxygen atoms in total. The van der Waals surface area contributed by atoms with Crippen molar-refractivity contribution in [2.24, 2.45) is 0 Å². The van der Waals surface area contributed by atoms with Gasteiger partial charge in [0.25, 0.3) is 0 Å². The summed E-state index contributed by atoms with van der Waals surface area (Å²) in [6.07, 6.45) is 7.17. The van der Waals surface area contributed by atoms with E-state index in [-0.39, 0.29) is 0 Å². The number of hydrogen-bond acceptors (Lipinski definition) is 3. The highest BCUT2D eigenvalue weighted by atomic mass is 15.2. The first-order valence-electron chi connectivity index (χ1n) is 8.21. The molecule has 0 aliphatic carbocycles. The third-order valence-corrected chi connectivity index (χ3v) is 5.15. The summed E-state index contributed by atoms with van der Waals surface area (Å²) in [4.78, 5) is 7.27. The number of benzene rings is 1. The van der Waals surface area contributed by atoms with Crippen LogP contribution in [0.5, 0.6) is 0 Å². The average molecular weight is 281 g/mol. The first kappa shape index (κ1) is 13.1. The highest BCUT2D eigenvalue weighted by Gasteiger charge is 2.36. The monoisotopic (exact) mass is 281 g/mol. The fourth-order valence-corrected chi connectivity index (χ4v) is 4.20. The molecule has 2 aliphatic rings.